The van der Waals surface area contributed by atoms with Crippen molar-refractivity contribution in [3.63, 3.8) is 0 Å². The summed E-state index contributed by atoms with van der Waals surface area (Å²) in [6.45, 7) is 4.53. The molecule has 0 radical (unpaired) electrons. The number of nitrogens with one attached hydrogen (secondary N) is 2. The number of hydrogen-bond donors (Lipinski definition) is 2. The Balaban J connectivity index is 1.88. The number of amides is 2. The lowest BCUT2D eigenvalue weighted by Gasteiger charge is -2.12. The largest absolute Gasteiger partial charge is 0.493 e. The number of methoxy groups -OCH3 is 1. The normalized spacial score (nSPS) is 10.2. The van der Waals surface area contributed by atoms with E-state index in [2.05, 4.69) is 26.6 Å². The number of aryl methyl sites for hydroxylation is 1. The Morgan fingerprint density at radius 3 is 2.59 bits per heavy atom. The molecule has 2 rings (SSSR count). The van der Waals surface area contributed by atoms with Crippen LogP contribution < -0.4 is 20.1 Å². The van der Waals surface area contributed by atoms with Gasteiger partial charge in [0.25, 0.3) is 5.91 Å². The zero-order chi connectivity index (χ0) is 19.8. The second kappa shape index (κ2) is 9.97. The summed E-state index contributed by atoms with van der Waals surface area (Å²) in [5, 5.41) is 5.59. The monoisotopic (exact) mass is 434 g/mol. The number of ether oxygens (including phenoxy) is 2. The molecule has 27 heavy (non-hydrogen) atoms. The summed E-state index contributed by atoms with van der Waals surface area (Å²) >= 11 is 3.38. The van der Waals surface area contributed by atoms with Crippen LogP contribution in [0.25, 0.3) is 0 Å². The molecule has 2 aromatic carbocycles. The third-order valence-corrected chi connectivity index (χ3v) is 4.33. The van der Waals surface area contributed by atoms with Crippen molar-refractivity contribution in [1.82, 2.24) is 5.32 Å². The third-order valence-electron chi connectivity index (χ3n) is 3.84. The van der Waals surface area contributed by atoms with Crippen molar-refractivity contribution in [2.24, 2.45) is 0 Å². The average Bonchev–Trinajstić information content (AvgIpc) is 2.65. The minimum Gasteiger partial charge on any atom is -0.493 e. The Morgan fingerprint density at radius 1 is 1.11 bits per heavy atom. The fourth-order valence-corrected chi connectivity index (χ4v) is 2.78. The quantitative estimate of drug-likeness (QED) is 0.659. The Hall–Kier alpha value is -2.54. The van der Waals surface area contributed by atoms with Crippen LogP contribution in [0.3, 0.4) is 0 Å². The van der Waals surface area contributed by atoms with Gasteiger partial charge in [-0.2, -0.15) is 0 Å². The van der Waals surface area contributed by atoms with Crippen LogP contribution in [0, 0.1) is 6.92 Å². The van der Waals surface area contributed by atoms with Crippen LogP contribution in [-0.2, 0) is 4.79 Å². The van der Waals surface area contributed by atoms with E-state index in [0.29, 0.717) is 23.7 Å². The summed E-state index contributed by atoms with van der Waals surface area (Å²) < 4.78 is 11.6. The molecule has 0 fully saturated rings. The lowest BCUT2D eigenvalue weighted by molar-refractivity contribution is -0.116. The van der Waals surface area contributed by atoms with Crippen molar-refractivity contribution in [3.05, 3.63) is 52.0 Å². The molecule has 0 aliphatic rings. The van der Waals surface area contributed by atoms with Crippen LogP contribution in [0.2, 0.25) is 0 Å². The van der Waals surface area contributed by atoms with Crippen LogP contribution in [-0.4, -0.2) is 32.1 Å². The van der Waals surface area contributed by atoms with Gasteiger partial charge in [-0.15, -0.1) is 0 Å². The molecule has 0 heterocycles. The van der Waals surface area contributed by atoms with Gasteiger partial charge in [0.1, 0.15) is 0 Å². The SMILES string of the molecule is CCOc1ccc(C(=O)NCCC(=O)Nc2cc(Br)ccc2C)cc1OC. The van der Waals surface area contributed by atoms with Gasteiger partial charge in [-0.3, -0.25) is 9.59 Å². The van der Waals surface area contributed by atoms with Crippen molar-refractivity contribution >= 4 is 33.4 Å². The summed E-state index contributed by atoms with van der Waals surface area (Å²) in [5.74, 6) is 0.635. The summed E-state index contributed by atoms with van der Waals surface area (Å²) in [7, 11) is 1.52. The second-order valence-electron chi connectivity index (χ2n) is 5.81. The lowest BCUT2D eigenvalue weighted by atomic mass is 10.2. The summed E-state index contributed by atoms with van der Waals surface area (Å²) in [5.41, 5.74) is 2.16. The predicted octanol–water partition coefficient (Wildman–Crippen LogP) is 3.92. The first kappa shape index (κ1) is 20.8. The van der Waals surface area contributed by atoms with Crippen molar-refractivity contribution in [2.45, 2.75) is 20.3 Å². The van der Waals surface area contributed by atoms with Gasteiger partial charge in [-0.1, -0.05) is 22.0 Å². The first-order chi connectivity index (χ1) is 12.9. The predicted molar refractivity (Wildman–Crippen MR) is 109 cm³/mol. The van der Waals surface area contributed by atoms with Crippen LogP contribution in [0.4, 0.5) is 5.69 Å². The first-order valence-electron chi connectivity index (χ1n) is 8.59. The molecule has 7 heteroatoms. The van der Waals surface area contributed by atoms with Crippen LogP contribution in [0.1, 0.15) is 29.3 Å². The molecule has 2 amide bonds. The number of benzene rings is 2. The maximum Gasteiger partial charge on any atom is 0.251 e. The molecular formula is C20H23BrN2O4. The van der Waals surface area contributed by atoms with E-state index in [4.69, 9.17) is 9.47 Å². The standard InChI is InChI=1S/C20H23BrN2O4/c1-4-27-17-8-6-14(11-18(17)26-3)20(25)22-10-9-19(24)23-16-12-15(21)7-5-13(16)2/h5-8,11-12H,4,9-10H2,1-3H3,(H,22,25)(H,23,24). The van der Waals surface area contributed by atoms with Crippen molar-refractivity contribution < 1.29 is 19.1 Å². The van der Waals surface area contributed by atoms with Crippen molar-refractivity contribution in [1.29, 1.82) is 0 Å². The highest BCUT2D eigenvalue weighted by molar-refractivity contribution is 9.10. The number of halogens is 1. The van der Waals surface area contributed by atoms with Crippen LogP contribution in [0.5, 0.6) is 11.5 Å². The number of hydrogen-bond acceptors (Lipinski definition) is 4. The number of rotatable bonds is 8. The summed E-state index contributed by atoms with van der Waals surface area (Å²) in [6.07, 6.45) is 0.172. The van der Waals surface area contributed by atoms with E-state index >= 15 is 0 Å². The number of carbonyl (C=O) groups is 2. The van der Waals surface area contributed by atoms with Crippen LogP contribution >= 0.6 is 15.9 Å². The smallest absolute Gasteiger partial charge is 0.251 e. The second-order valence-corrected chi connectivity index (χ2v) is 6.73. The van der Waals surface area contributed by atoms with Gasteiger partial charge >= 0.3 is 0 Å². The molecule has 0 aromatic heterocycles. The maximum atomic E-state index is 12.3. The summed E-state index contributed by atoms with van der Waals surface area (Å²) in [4.78, 5) is 24.4. The Morgan fingerprint density at radius 2 is 1.89 bits per heavy atom. The van der Waals surface area contributed by atoms with E-state index in [1.807, 2.05) is 32.0 Å². The van der Waals surface area contributed by atoms with Gasteiger partial charge in [0.15, 0.2) is 11.5 Å². The van der Waals surface area contributed by atoms with Gasteiger partial charge in [-0.25, -0.2) is 0 Å². The Kier molecular flexibility index (Phi) is 7.67. The fraction of sp³-hybridized carbons (Fsp3) is 0.300. The highest BCUT2D eigenvalue weighted by Crippen LogP contribution is 2.28. The van der Waals surface area contributed by atoms with Gasteiger partial charge in [0.2, 0.25) is 5.91 Å². The average molecular weight is 435 g/mol. The minimum atomic E-state index is -0.275. The minimum absolute atomic E-state index is 0.166. The maximum absolute atomic E-state index is 12.3. The van der Waals surface area contributed by atoms with Crippen molar-refractivity contribution in [3.8, 4) is 11.5 Å². The molecule has 6 nitrogen and oxygen atoms in total. The van der Waals surface area contributed by atoms with Crippen LogP contribution in [0.15, 0.2) is 40.9 Å². The molecule has 0 atom stereocenters. The highest BCUT2D eigenvalue weighted by Gasteiger charge is 2.12. The molecule has 0 aliphatic carbocycles. The molecule has 0 saturated heterocycles. The number of carbonyl (C=O) groups excluding carboxylic acids is 2. The molecule has 0 saturated carbocycles. The Labute approximate surface area is 167 Å². The molecule has 2 N–H and O–H groups in total. The first-order valence-corrected chi connectivity index (χ1v) is 9.39. The molecule has 2 aromatic rings. The zero-order valence-electron chi connectivity index (χ0n) is 15.6. The van der Waals surface area contributed by atoms with E-state index in [9.17, 15) is 9.59 Å². The molecule has 0 bridgehead atoms. The van der Waals surface area contributed by atoms with Gasteiger partial charge in [-0.05, 0) is 49.7 Å². The van der Waals surface area contributed by atoms with E-state index in [-0.39, 0.29) is 24.8 Å². The van der Waals surface area contributed by atoms with E-state index in [1.165, 1.54) is 7.11 Å². The lowest BCUT2D eigenvalue weighted by Crippen LogP contribution is -2.27. The molecule has 0 aliphatic heterocycles. The Bertz CT molecular complexity index is 824. The van der Waals surface area contributed by atoms with Crippen molar-refractivity contribution in [2.75, 3.05) is 25.6 Å². The fourth-order valence-electron chi connectivity index (χ4n) is 2.42. The zero-order valence-corrected chi connectivity index (χ0v) is 17.2. The van der Waals surface area contributed by atoms with E-state index < -0.39 is 0 Å². The van der Waals surface area contributed by atoms with Gasteiger partial charge in [0, 0.05) is 28.7 Å². The third kappa shape index (κ3) is 5.99. The molecule has 0 spiro atoms. The molecule has 144 valence electrons. The molecule has 0 unspecified atom stereocenters. The highest BCUT2D eigenvalue weighted by atomic mass is 79.9. The van der Waals surface area contributed by atoms with Gasteiger partial charge in [0.05, 0.1) is 13.7 Å². The molecular weight excluding hydrogens is 412 g/mol. The summed E-state index contributed by atoms with van der Waals surface area (Å²) in [6, 6.07) is 10.6. The topological polar surface area (TPSA) is 76.7 Å². The van der Waals surface area contributed by atoms with Gasteiger partial charge < -0.3 is 20.1 Å². The number of anilines is 1. The van der Waals surface area contributed by atoms with E-state index in [1.54, 1.807) is 18.2 Å². The van der Waals surface area contributed by atoms with E-state index in [0.717, 1.165) is 15.7 Å².